The lowest BCUT2D eigenvalue weighted by molar-refractivity contribution is -0.118. The molecule has 1 N–H and O–H groups in total. The van der Waals surface area contributed by atoms with Crippen LogP contribution in [-0.2, 0) is 16.0 Å². The van der Waals surface area contributed by atoms with Crippen molar-refractivity contribution < 1.29 is 14.3 Å². The molecule has 0 unspecified atom stereocenters. The number of ether oxygens (including phenoxy) is 1. The molecule has 5 heteroatoms. The van der Waals surface area contributed by atoms with Crippen molar-refractivity contribution in [1.29, 1.82) is 0 Å². The molecule has 0 aliphatic carbocycles. The molecular formula is C21H24N2O3. The lowest BCUT2D eigenvalue weighted by Gasteiger charge is -2.15. The summed E-state index contributed by atoms with van der Waals surface area (Å²) in [7, 11) is 0. The van der Waals surface area contributed by atoms with E-state index in [1.165, 1.54) is 5.56 Å². The number of amides is 2. The fraction of sp³-hybridized carbons (Fsp3) is 0.333. The van der Waals surface area contributed by atoms with Gasteiger partial charge < -0.3 is 15.0 Å². The topological polar surface area (TPSA) is 58.6 Å². The zero-order chi connectivity index (χ0) is 18.7. The van der Waals surface area contributed by atoms with Crippen molar-refractivity contribution in [2.45, 2.75) is 33.1 Å². The number of rotatable bonds is 6. The second-order valence-electron chi connectivity index (χ2n) is 6.72. The zero-order valence-corrected chi connectivity index (χ0v) is 15.4. The Kier molecular flexibility index (Phi) is 5.26. The van der Waals surface area contributed by atoms with E-state index in [4.69, 9.17) is 4.74 Å². The Morgan fingerprint density at radius 1 is 1.19 bits per heavy atom. The van der Waals surface area contributed by atoms with Gasteiger partial charge in [0.05, 0.1) is 6.42 Å². The minimum absolute atomic E-state index is 0.0574. The van der Waals surface area contributed by atoms with E-state index in [9.17, 15) is 9.59 Å². The fourth-order valence-corrected chi connectivity index (χ4v) is 3.10. The summed E-state index contributed by atoms with van der Waals surface area (Å²) in [5.74, 6) is 0.999. The number of carbonyl (C=O) groups is 2. The van der Waals surface area contributed by atoms with Gasteiger partial charge >= 0.3 is 0 Å². The first kappa shape index (κ1) is 18.0. The van der Waals surface area contributed by atoms with Gasteiger partial charge in [0.25, 0.3) is 5.91 Å². The van der Waals surface area contributed by atoms with E-state index in [0.29, 0.717) is 30.3 Å². The van der Waals surface area contributed by atoms with Gasteiger partial charge in [0.15, 0.2) is 6.61 Å². The second kappa shape index (κ2) is 7.60. The van der Waals surface area contributed by atoms with Gasteiger partial charge in [-0.05, 0) is 54.3 Å². The van der Waals surface area contributed by atoms with Crippen molar-refractivity contribution in [3.63, 3.8) is 0 Å². The first-order chi connectivity index (χ1) is 12.5. The summed E-state index contributed by atoms with van der Waals surface area (Å²) in [5.41, 5.74) is 3.78. The van der Waals surface area contributed by atoms with Crippen molar-refractivity contribution in [1.82, 2.24) is 0 Å². The van der Waals surface area contributed by atoms with Gasteiger partial charge in [-0.15, -0.1) is 0 Å². The average Bonchev–Trinajstić information content (AvgIpc) is 2.94. The second-order valence-corrected chi connectivity index (χ2v) is 6.72. The third-order valence-electron chi connectivity index (χ3n) is 4.53. The van der Waals surface area contributed by atoms with E-state index in [1.54, 1.807) is 4.90 Å². The van der Waals surface area contributed by atoms with Crippen LogP contribution in [0.15, 0.2) is 42.5 Å². The van der Waals surface area contributed by atoms with Gasteiger partial charge in [-0.3, -0.25) is 9.59 Å². The number of carbonyl (C=O) groups excluding carboxylic acids is 2. The molecule has 2 aromatic rings. The third-order valence-corrected chi connectivity index (χ3v) is 4.53. The average molecular weight is 352 g/mol. The van der Waals surface area contributed by atoms with Crippen LogP contribution >= 0.6 is 0 Å². The zero-order valence-electron chi connectivity index (χ0n) is 15.4. The van der Waals surface area contributed by atoms with Crippen molar-refractivity contribution in [2.24, 2.45) is 0 Å². The molecular weight excluding hydrogens is 328 g/mol. The fourth-order valence-electron chi connectivity index (χ4n) is 3.10. The molecule has 1 aliphatic heterocycles. The van der Waals surface area contributed by atoms with Crippen molar-refractivity contribution in [3.8, 4) is 5.75 Å². The highest BCUT2D eigenvalue weighted by Gasteiger charge is 2.25. The summed E-state index contributed by atoms with van der Waals surface area (Å²) in [6.45, 7) is 6.81. The van der Waals surface area contributed by atoms with E-state index in [2.05, 4.69) is 19.2 Å². The van der Waals surface area contributed by atoms with Crippen LogP contribution in [0.4, 0.5) is 11.4 Å². The molecule has 0 saturated carbocycles. The van der Waals surface area contributed by atoms with E-state index in [-0.39, 0.29) is 18.4 Å². The summed E-state index contributed by atoms with van der Waals surface area (Å²) in [5, 5.41) is 2.83. The minimum atomic E-state index is -0.227. The Labute approximate surface area is 154 Å². The standard InChI is InChI=1S/C21H24N2O3/c1-4-23-19-10-7-17(11-16(19)12-21(23)25)22-20(24)13-26-18-8-5-15(6-9-18)14(2)3/h5-11,14H,4,12-13H2,1-3H3,(H,22,24). The smallest absolute Gasteiger partial charge is 0.262 e. The molecule has 3 rings (SSSR count). The molecule has 0 spiro atoms. The van der Waals surface area contributed by atoms with Crippen LogP contribution in [0, 0.1) is 0 Å². The maximum atomic E-state index is 12.1. The number of hydrogen-bond donors (Lipinski definition) is 1. The first-order valence-electron chi connectivity index (χ1n) is 8.94. The van der Waals surface area contributed by atoms with Crippen LogP contribution in [0.25, 0.3) is 0 Å². The van der Waals surface area contributed by atoms with Gasteiger partial charge in [0, 0.05) is 17.9 Å². The third kappa shape index (κ3) is 3.87. The SMILES string of the molecule is CCN1C(=O)Cc2cc(NC(=O)COc3ccc(C(C)C)cc3)ccc21. The Morgan fingerprint density at radius 3 is 2.58 bits per heavy atom. The molecule has 2 aromatic carbocycles. The lowest BCUT2D eigenvalue weighted by atomic mass is 10.0. The van der Waals surface area contributed by atoms with E-state index in [1.807, 2.05) is 49.4 Å². The van der Waals surface area contributed by atoms with Crippen LogP contribution in [0.1, 0.15) is 37.8 Å². The Morgan fingerprint density at radius 2 is 1.92 bits per heavy atom. The Balaban J connectivity index is 1.57. The van der Waals surface area contributed by atoms with E-state index >= 15 is 0 Å². The maximum Gasteiger partial charge on any atom is 0.262 e. The largest absolute Gasteiger partial charge is 0.484 e. The van der Waals surface area contributed by atoms with E-state index < -0.39 is 0 Å². The van der Waals surface area contributed by atoms with Crippen LogP contribution in [0.5, 0.6) is 5.75 Å². The minimum Gasteiger partial charge on any atom is -0.484 e. The molecule has 136 valence electrons. The van der Waals surface area contributed by atoms with Gasteiger partial charge in [0.1, 0.15) is 5.75 Å². The highest BCUT2D eigenvalue weighted by Crippen LogP contribution is 2.31. The van der Waals surface area contributed by atoms with Gasteiger partial charge in [-0.2, -0.15) is 0 Å². The molecule has 0 aromatic heterocycles. The number of nitrogens with one attached hydrogen (secondary N) is 1. The van der Waals surface area contributed by atoms with Gasteiger partial charge in [-0.25, -0.2) is 0 Å². The lowest BCUT2D eigenvalue weighted by Crippen LogP contribution is -2.25. The van der Waals surface area contributed by atoms with Crippen molar-refractivity contribution in [2.75, 3.05) is 23.4 Å². The predicted molar refractivity (Wildman–Crippen MR) is 103 cm³/mol. The van der Waals surface area contributed by atoms with E-state index in [0.717, 1.165) is 11.3 Å². The van der Waals surface area contributed by atoms with Crippen LogP contribution in [-0.4, -0.2) is 25.0 Å². The molecule has 5 nitrogen and oxygen atoms in total. The number of benzene rings is 2. The Bertz CT molecular complexity index is 813. The molecule has 0 saturated heterocycles. The number of hydrogen-bond acceptors (Lipinski definition) is 3. The van der Waals surface area contributed by atoms with Gasteiger partial charge in [-0.1, -0.05) is 26.0 Å². The summed E-state index contributed by atoms with van der Waals surface area (Å²) in [6.07, 6.45) is 0.381. The number of anilines is 2. The van der Waals surface area contributed by atoms with Crippen LogP contribution < -0.4 is 15.0 Å². The number of nitrogens with zero attached hydrogens (tertiary/aromatic N) is 1. The first-order valence-corrected chi connectivity index (χ1v) is 8.94. The molecule has 26 heavy (non-hydrogen) atoms. The summed E-state index contributed by atoms with van der Waals surface area (Å²) in [4.78, 5) is 25.8. The van der Waals surface area contributed by atoms with Crippen molar-refractivity contribution >= 4 is 23.2 Å². The monoisotopic (exact) mass is 352 g/mol. The number of likely N-dealkylation sites (N-methyl/N-ethyl adjacent to an activating group) is 1. The van der Waals surface area contributed by atoms with Crippen LogP contribution in [0.2, 0.25) is 0 Å². The summed E-state index contributed by atoms with van der Waals surface area (Å²) >= 11 is 0. The Hall–Kier alpha value is -2.82. The van der Waals surface area contributed by atoms with Crippen molar-refractivity contribution in [3.05, 3.63) is 53.6 Å². The molecule has 0 radical (unpaired) electrons. The molecule has 1 aliphatic rings. The molecule has 0 bridgehead atoms. The summed E-state index contributed by atoms with van der Waals surface area (Å²) in [6, 6.07) is 13.3. The summed E-state index contributed by atoms with van der Waals surface area (Å²) < 4.78 is 5.54. The molecule has 0 atom stereocenters. The maximum absolute atomic E-state index is 12.1. The van der Waals surface area contributed by atoms with Gasteiger partial charge in [0.2, 0.25) is 5.91 Å². The molecule has 2 amide bonds. The quantitative estimate of drug-likeness (QED) is 0.862. The highest BCUT2D eigenvalue weighted by atomic mass is 16.5. The molecule has 1 heterocycles. The predicted octanol–water partition coefficient (Wildman–Crippen LogP) is 3.74. The normalized spacial score (nSPS) is 13.1. The van der Waals surface area contributed by atoms with Crippen LogP contribution in [0.3, 0.4) is 0 Å². The molecule has 0 fully saturated rings. The number of fused-ring (bicyclic) bond motifs is 1. The highest BCUT2D eigenvalue weighted by molar-refractivity contribution is 6.02.